The number of halogens is 4. The summed E-state index contributed by atoms with van der Waals surface area (Å²) in [7, 11) is 0. The Kier molecular flexibility index (Phi) is 6.90. The van der Waals surface area contributed by atoms with Crippen molar-refractivity contribution in [2.75, 3.05) is 11.9 Å². The van der Waals surface area contributed by atoms with E-state index in [0.717, 1.165) is 5.56 Å². The second kappa shape index (κ2) is 8.97. The molecular formula is C19H18ClF3N2O3. The van der Waals surface area contributed by atoms with Crippen molar-refractivity contribution in [1.82, 2.24) is 5.32 Å². The summed E-state index contributed by atoms with van der Waals surface area (Å²) in [5.41, 5.74) is 0.726. The van der Waals surface area contributed by atoms with Crippen LogP contribution in [-0.4, -0.2) is 30.6 Å². The van der Waals surface area contributed by atoms with Gasteiger partial charge < -0.3 is 15.4 Å². The summed E-state index contributed by atoms with van der Waals surface area (Å²) in [6.07, 6.45) is -5.46. The van der Waals surface area contributed by atoms with Crippen molar-refractivity contribution >= 4 is 29.1 Å². The molecular weight excluding hydrogens is 397 g/mol. The standard InChI is InChI=1S/C19H18ClF3N2O3/c1-11-9-13(20)7-8-16(11)28-12(2)17(26)25-15-6-4-3-5-14(15)18(27)24-10-19(21,22)23/h3-9,12H,10H2,1-2H3,(H,24,27)(H,25,26). The Hall–Kier alpha value is -2.74. The van der Waals surface area contributed by atoms with Crippen molar-refractivity contribution in [2.45, 2.75) is 26.1 Å². The molecule has 150 valence electrons. The molecule has 1 unspecified atom stereocenters. The van der Waals surface area contributed by atoms with E-state index in [9.17, 15) is 22.8 Å². The van der Waals surface area contributed by atoms with Gasteiger partial charge in [0, 0.05) is 5.02 Å². The first-order chi connectivity index (χ1) is 13.1. The molecule has 2 N–H and O–H groups in total. The number of ether oxygens (including phenoxy) is 1. The Balaban J connectivity index is 2.08. The number of anilines is 1. The van der Waals surface area contributed by atoms with Gasteiger partial charge in [-0.3, -0.25) is 9.59 Å². The summed E-state index contributed by atoms with van der Waals surface area (Å²) in [5, 5.41) is 4.81. The van der Waals surface area contributed by atoms with E-state index < -0.39 is 30.6 Å². The van der Waals surface area contributed by atoms with Crippen molar-refractivity contribution in [3.8, 4) is 5.75 Å². The molecule has 28 heavy (non-hydrogen) atoms. The number of hydrogen-bond donors (Lipinski definition) is 2. The molecule has 2 aromatic rings. The molecule has 2 rings (SSSR count). The number of hydrogen-bond acceptors (Lipinski definition) is 3. The Morgan fingerprint density at radius 1 is 1.18 bits per heavy atom. The molecule has 0 aliphatic heterocycles. The summed E-state index contributed by atoms with van der Waals surface area (Å²) in [6.45, 7) is 1.81. The van der Waals surface area contributed by atoms with E-state index in [4.69, 9.17) is 16.3 Å². The molecule has 0 aromatic heterocycles. The molecule has 0 aliphatic carbocycles. The maximum Gasteiger partial charge on any atom is 0.405 e. The zero-order valence-corrected chi connectivity index (χ0v) is 15.8. The zero-order valence-electron chi connectivity index (χ0n) is 15.1. The fourth-order valence-electron chi connectivity index (χ4n) is 2.29. The van der Waals surface area contributed by atoms with E-state index in [1.165, 1.54) is 25.1 Å². The van der Waals surface area contributed by atoms with Gasteiger partial charge in [-0.1, -0.05) is 23.7 Å². The fourth-order valence-corrected chi connectivity index (χ4v) is 2.52. The van der Waals surface area contributed by atoms with Gasteiger partial charge >= 0.3 is 6.18 Å². The van der Waals surface area contributed by atoms with E-state index in [1.54, 1.807) is 36.5 Å². The predicted octanol–water partition coefficient (Wildman–Crippen LogP) is 4.35. The van der Waals surface area contributed by atoms with E-state index >= 15 is 0 Å². The Morgan fingerprint density at radius 2 is 1.86 bits per heavy atom. The second-order valence-electron chi connectivity index (χ2n) is 6.00. The lowest BCUT2D eigenvalue weighted by atomic mass is 10.1. The minimum absolute atomic E-state index is 0.0791. The molecule has 0 aliphatic rings. The maximum atomic E-state index is 12.4. The third kappa shape index (κ3) is 6.16. The van der Waals surface area contributed by atoms with Crippen LogP contribution in [0.15, 0.2) is 42.5 Å². The first-order valence-corrected chi connectivity index (χ1v) is 8.62. The molecule has 1 atom stereocenters. The van der Waals surface area contributed by atoms with Crippen molar-refractivity contribution < 1.29 is 27.5 Å². The highest BCUT2D eigenvalue weighted by molar-refractivity contribution is 6.30. The number of carbonyl (C=O) groups is 2. The van der Waals surface area contributed by atoms with Gasteiger partial charge in [0.05, 0.1) is 11.3 Å². The molecule has 0 bridgehead atoms. The lowest BCUT2D eigenvalue weighted by Gasteiger charge is -2.18. The fraction of sp³-hybridized carbons (Fsp3) is 0.263. The molecule has 0 saturated heterocycles. The number of carbonyl (C=O) groups excluding carboxylic acids is 2. The van der Waals surface area contributed by atoms with E-state index in [-0.39, 0.29) is 11.3 Å². The van der Waals surface area contributed by atoms with Crippen LogP contribution >= 0.6 is 11.6 Å². The topological polar surface area (TPSA) is 67.4 Å². The average Bonchev–Trinajstić information content (AvgIpc) is 2.61. The highest BCUT2D eigenvalue weighted by Gasteiger charge is 2.28. The summed E-state index contributed by atoms with van der Waals surface area (Å²) in [6, 6.07) is 10.7. The quantitative estimate of drug-likeness (QED) is 0.738. The van der Waals surface area contributed by atoms with Gasteiger partial charge in [0.25, 0.3) is 11.8 Å². The third-order valence-corrected chi connectivity index (χ3v) is 3.92. The van der Waals surface area contributed by atoms with Crippen molar-refractivity contribution in [3.63, 3.8) is 0 Å². The van der Waals surface area contributed by atoms with E-state index in [0.29, 0.717) is 10.8 Å². The molecule has 0 heterocycles. The first kappa shape index (κ1) is 21.6. The molecule has 0 spiro atoms. The summed E-state index contributed by atoms with van der Waals surface area (Å²) < 4.78 is 42.5. The van der Waals surface area contributed by atoms with Crippen LogP contribution in [0.1, 0.15) is 22.8 Å². The molecule has 0 fully saturated rings. The normalized spacial score (nSPS) is 12.2. The lowest BCUT2D eigenvalue weighted by molar-refractivity contribution is -0.123. The molecule has 2 amide bonds. The minimum Gasteiger partial charge on any atom is -0.481 e. The Bertz CT molecular complexity index is 872. The highest BCUT2D eigenvalue weighted by atomic mass is 35.5. The van der Waals surface area contributed by atoms with Crippen LogP contribution < -0.4 is 15.4 Å². The zero-order chi connectivity index (χ0) is 20.9. The number of nitrogens with one attached hydrogen (secondary N) is 2. The van der Waals surface area contributed by atoms with Gasteiger partial charge in [-0.15, -0.1) is 0 Å². The SMILES string of the molecule is Cc1cc(Cl)ccc1OC(C)C(=O)Nc1ccccc1C(=O)NCC(F)(F)F. The van der Waals surface area contributed by atoms with Gasteiger partial charge in [-0.25, -0.2) is 0 Å². The third-order valence-electron chi connectivity index (χ3n) is 3.69. The Labute approximate surface area is 164 Å². The van der Waals surface area contributed by atoms with Gasteiger partial charge in [-0.05, 0) is 49.7 Å². The lowest BCUT2D eigenvalue weighted by Crippen LogP contribution is -2.35. The molecule has 2 aromatic carbocycles. The van der Waals surface area contributed by atoms with Gasteiger partial charge in [0.2, 0.25) is 0 Å². The molecule has 9 heteroatoms. The minimum atomic E-state index is -4.54. The van der Waals surface area contributed by atoms with Crippen LogP contribution in [0.5, 0.6) is 5.75 Å². The summed E-state index contributed by atoms with van der Waals surface area (Å²) >= 11 is 5.88. The number of aryl methyl sites for hydroxylation is 1. The monoisotopic (exact) mass is 414 g/mol. The maximum absolute atomic E-state index is 12.4. The second-order valence-corrected chi connectivity index (χ2v) is 6.44. The summed E-state index contributed by atoms with van der Waals surface area (Å²) in [4.78, 5) is 24.4. The number of alkyl halides is 3. The van der Waals surface area contributed by atoms with Gasteiger partial charge in [0.15, 0.2) is 6.10 Å². The van der Waals surface area contributed by atoms with Crippen LogP contribution in [0, 0.1) is 6.92 Å². The van der Waals surface area contributed by atoms with E-state index in [2.05, 4.69) is 5.32 Å². The Morgan fingerprint density at radius 3 is 2.50 bits per heavy atom. The molecule has 5 nitrogen and oxygen atoms in total. The van der Waals surface area contributed by atoms with Crippen molar-refractivity contribution in [1.29, 1.82) is 0 Å². The van der Waals surface area contributed by atoms with Crippen LogP contribution in [0.3, 0.4) is 0 Å². The summed E-state index contributed by atoms with van der Waals surface area (Å²) in [5.74, 6) is -1.05. The number of amides is 2. The van der Waals surface area contributed by atoms with Crippen LogP contribution in [-0.2, 0) is 4.79 Å². The van der Waals surface area contributed by atoms with Gasteiger partial charge in [0.1, 0.15) is 12.3 Å². The van der Waals surface area contributed by atoms with E-state index in [1.807, 2.05) is 0 Å². The largest absolute Gasteiger partial charge is 0.481 e. The smallest absolute Gasteiger partial charge is 0.405 e. The van der Waals surface area contributed by atoms with Crippen molar-refractivity contribution in [3.05, 3.63) is 58.6 Å². The first-order valence-electron chi connectivity index (χ1n) is 8.24. The predicted molar refractivity (Wildman–Crippen MR) is 99.7 cm³/mol. The average molecular weight is 415 g/mol. The molecule has 0 radical (unpaired) electrons. The van der Waals surface area contributed by atoms with Crippen molar-refractivity contribution in [2.24, 2.45) is 0 Å². The van der Waals surface area contributed by atoms with Crippen LogP contribution in [0.4, 0.5) is 18.9 Å². The van der Waals surface area contributed by atoms with Gasteiger partial charge in [-0.2, -0.15) is 13.2 Å². The molecule has 0 saturated carbocycles. The number of para-hydroxylation sites is 1. The highest BCUT2D eigenvalue weighted by Crippen LogP contribution is 2.23. The van der Waals surface area contributed by atoms with Crippen LogP contribution in [0.2, 0.25) is 5.02 Å². The number of rotatable bonds is 6. The van der Waals surface area contributed by atoms with Crippen LogP contribution in [0.25, 0.3) is 0 Å². The number of benzene rings is 2.